The summed E-state index contributed by atoms with van der Waals surface area (Å²) in [7, 11) is 2.05. The van der Waals surface area contributed by atoms with Gasteiger partial charge < -0.3 is 9.73 Å². The van der Waals surface area contributed by atoms with Crippen molar-refractivity contribution in [3.05, 3.63) is 24.2 Å². The fourth-order valence-corrected chi connectivity index (χ4v) is 3.85. The Morgan fingerprint density at radius 2 is 2.40 bits per heavy atom. The van der Waals surface area contributed by atoms with Gasteiger partial charge in [0.25, 0.3) is 0 Å². The Morgan fingerprint density at radius 3 is 3.10 bits per heavy atom. The van der Waals surface area contributed by atoms with Gasteiger partial charge in [0, 0.05) is 11.3 Å². The lowest BCUT2D eigenvalue weighted by Crippen LogP contribution is -2.39. The summed E-state index contributed by atoms with van der Waals surface area (Å²) in [6.45, 7) is 3.15. The fraction of sp³-hybridized carbons (Fsp3) is 0.667. The molecule has 1 aromatic rings. The van der Waals surface area contributed by atoms with E-state index in [1.807, 2.05) is 23.9 Å². The fourth-order valence-electron chi connectivity index (χ4n) is 2.72. The van der Waals surface area contributed by atoms with Crippen molar-refractivity contribution in [1.82, 2.24) is 10.2 Å². The van der Waals surface area contributed by atoms with E-state index < -0.39 is 0 Å². The topological polar surface area (TPSA) is 45.5 Å². The Labute approximate surface area is 125 Å². The SMILES string of the molecule is CCSC1CCC(N(C)CC(=O)NCc2ccco2)C1. The predicted molar refractivity (Wildman–Crippen MR) is 82.7 cm³/mol. The number of furan rings is 1. The summed E-state index contributed by atoms with van der Waals surface area (Å²) in [4.78, 5) is 14.1. The van der Waals surface area contributed by atoms with Crippen LogP contribution in [0.3, 0.4) is 0 Å². The van der Waals surface area contributed by atoms with Gasteiger partial charge >= 0.3 is 0 Å². The van der Waals surface area contributed by atoms with Gasteiger partial charge in [-0.3, -0.25) is 9.69 Å². The van der Waals surface area contributed by atoms with Crippen molar-refractivity contribution in [3.8, 4) is 0 Å². The van der Waals surface area contributed by atoms with E-state index in [1.165, 1.54) is 25.0 Å². The minimum absolute atomic E-state index is 0.0653. The molecule has 112 valence electrons. The molecule has 1 heterocycles. The van der Waals surface area contributed by atoms with Crippen LogP contribution in [0.1, 0.15) is 31.9 Å². The van der Waals surface area contributed by atoms with Crippen LogP contribution in [0.15, 0.2) is 22.8 Å². The molecule has 2 unspecified atom stereocenters. The molecule has 20 heavy (non-hydrogen) atoms. The largest absolute Gasteiger partial charge is 0.467 e. The number of thioether (sulfide) groups is 1. The van der Waals surface area contributed by atoms with Gasteiger partial charge in [0.2, 0.25) is 5.91 Å². The number of nitrogens with zero attached hydrogens (tertiary/aromatic N) is 1. The monoisotopic (exact) mass is 296 g/mol. The van der Waals surface area contributed by atoms with Crippen LogP contribution in [0.5, 0.6) is 0 Å². The smallest absolute Gasteiger partial charge is 0.234 e. The molecule has 1 saturated carbocycles. The Bertz CT molecular complexity index is 408. The van der Waals surface area contributed by atoms with Crippen molar-refractivity contribution >= 4 is 17.7 Å². The summed E-state index contributed by atoms with van der Waals surface area (Å²) in [5, 5.41) is 3.67. The van der Waals surface area contributed by atoms with Crippen LogP contribution >= 0.6 is 11.8 Å². The quantitative estimate of drug-likeness (QED) is 0.840. The zero-order chi connectivity index (χ0) is 14.4. The number of rotatable bonds is 7. The van der Waals surface area contributed by atoms with Gasteiger partial charge in [-0.1, -0.05) is 6.92 Å². The normalized spacial score (nSPS) is 22.4. The summed E-state index contributed by atoms with van der Waals surface area (Å²) < 4.78 is 5.20. The first-order valence-electron chi connectivity index (χ1n) is 7.30. The highest BCUT2D eigenvalue weighted by Gasteiger charge is 2.28. The Morgan fingerprint density at radius 1 is 1.55 bits per heavy atom. The van der Waals surface area contributed by atoms with E-state index in [0.29, 0.717) is 19.1 Å². The molecule has 1 N–H and O–H groups in total. The van der Waals surface area contributed by atoms with Gasteiger partial charge in [0.1, 0.15) is 5.76 Å². The lowest BCUT2D eigenvalue weighted by molar-refractivity contribution is -0.122. The molecule has 5 heteroatoms. The van der Waals surface area contributed by atoms with E-state index in [0.717, 1.165) is 11.0 Å². The average Bonchev–Trinajstić information content (AvgIpc) is 3.08. The van der Waals surface area contributed by atoms with Crippen LogP contribution in [0.25, 0.3) is 0 Å². The third kappa shape index (κ3) is 4.56. The average molecular weight is 296 g/mol. The lowest BCUT2D eigenvalue weighted by atomic mass is 10.2. The van der Waals surface area contributed by atoms with Crippen molar-refractivity contribution in [2.45, 2.75) is 44.0 Å². The number of amides is 1. The highest BCUT2D eigenvalue weighted by atomic mass is 32.2. The van der Waals surface area contributed by atoms with Gasteiger partial charge in [-0.15, -0.1) is 0 Å². The molecule has 1 aliphatic rings. The molecule has 1 aromatic heterocycles. The van der Waals surface area contributed by atoms with Crippen LogP contribution < -0.4 is 5.32 Å². The third-order valence-electron chi connectivity index (χ3n) is 3.82. The first-order chi connectivity index (χ1) is 9.69. The van der Waals surface area contributed by atoms with Crippen molar-refractivity contribution in [3.63, 3.8) is 0 Å². The molecule has 1 fully saturated rings. The maximum atomic E-state index is 11.9. The van der Waals surface area contributed by atoms with Crippen LogP contribution in [0.2, 0.25) is 0 Å². The second kappa shape index (κ2) is 7.74. The second-order valence-corrected chi connectivity index (χ2v) is 6.89. The number of hydrogen-bond donors (Lipinski definition) is 1. The molecule has 2 rings (SSSR count). The molecule has 1 amide bonds. The highest BCUT2D eigenvalue weighted by molar-refractivity contribution is 7.99. The second-order valence-electron chi connectivity index (χ2n) is 5.32. The Balaban J connectivity index is 1.68. The molecule has 0 aromatic carbocycles. The van der Waals surface area contributed by atoms with E-state index in [9.17, 15) is 4.79 Å². The highest BCUT2D eigenvalue weighted by Crippen LogP contribution is 2.31. The lowest BCUT2D eigenvalue weighted by Gasteiger charge is -2.23. The van der Waals surface area contributed by atoms with Crippen LogP contribution in [0.4, 0.5) is 0 Å². The third-order valence-corrected chi connectivity index (χ3v) is 5.05. The van der Waals surface area contributed by atoms with Gasteiger partial charge in [0.15, 0.2) is 0 Å². The molecule has 0 spiro atoms. The van der Waals surface area contributed by atoms with Gasteiger partial charge in [-0.2, -0.15) is 11.8 Å². The number of carbonyl (C=O) groups excluding carboxylic acids is 1. The molecular weight excluding hydrogens is 272 g/mol. The maximum absolute atomic E-state index is 11.9. The van der Waals surface area contributed by atoms with Crippen molar-refractivity contribution < 1.29 is 9.21 Å². The number of likely N-dealkylation sites (N-methyl/N-ethyl adjacent to an activating group) is 1. The number of carbonyl (C=O) groups is 1. The van der Waals surface area contributed by atoms with Crippen LogP contribution in [-0.2, 0) is 11.3 Å². The Kier molecular flexibility index (Phi) is 5.98. The molecule has 0 aliphatic heterocycles. The summed E-state index contributed by atoms with van der Waals surface area (Å²) in [6, 6.07) is 4.25. The van der Waals surface area contributed by atoms with E-state index >= 15 is 0 Å². The zero-order valence-corrected chi connectivity index (χ0v) is 13.1. The predicted octanol–water partition coefficient (Wildman–Crippen LogP) is 2.50. The minimum Gasteiger partial charge on any atom is -0.467 e. The van der Waals surface area contributed by atoms with Crippen LogP contribution in [-0.4, -0.2) is 41.4 Å². The standard InChI is InChI=1S/C15H24N2O2S/c1-3-20-14-7-6-12(9-14)17(2)11-15(18)16-10-13-5-4-8-19-13/h4-5,8,12,14H,3,6-7,9-11H2,1-2H3,(H,16,18). The number of hydrogen-bond acceptors (Lipinski definition) is 4. The summed E-state index contributed by atoms with van der Waals surface area (Å²) in [5.74, 6) is 2.04. The summed E-state index contributed by atoms with van der Waals surface area (Å²) in [6.07, 6.45) is 5.32. The van der Waals surface area contributed by atoms with Crippen molar-refractivity contribution in [2.75, 3.05) is 19.3 Å². The van der Waals surface area contributed by atoms with E-state index in [4.69, 9.17) is 4.42 Å². The molecule has 0 bridgehead atoms. The molecule has 4 nitrogen and oxygen atoms in total. The zero-order valence-electron chi connectivity index (χ0n) is 12.3. The van der Waals surface area contributed by atoms with E-state index in [2.05, 4.69) is 24.2 Å². The van der Waals surface area contributed by atoms with Gasteiger partial charge in [0.05, 0.1) is 19.4 Å². The molecule has 1 aliphatic carbocycles. The summed E-state index contributed by atoms with van der Waals surface area (Å²) >= 11 is 2.05. The molecule has 2 atom stereocenters. The van der Waals surface area contributed by atoms with Gasteiger partial charge in [-0.05, 0) is 44.2 Å². The van der Waals surface area contributed by atoms with Crippen LogP contribution in [0, 0.1) is 0 Å². The first-order valence-corrected chi connectivity index (χ1v) is 8.34. The number of nitrogens with one attached hydrogen (secondary N) is 1. The molecule has 0 radical (unpaired) electrons. The minimum atomic E-state index is 0.0653. The van der Waals surface area contributed by atoms with Gasteiger partial charge in [-0.25, -0.2) is 0 Å². The van der Waals surface area contributed by atoms with E-state index in [1.54, 1.807) is 6.26 Å². The molecule has 0 saturated heterocycles. The Hall–Kier alpha value is -0.940. The molecular formula is C15H24N2O2S. The van der Waals surface area contributed by atoms with Crippen molar-refractivity contribution in [2.24, 2.45) is 0 Å². The maximum Gasteiger partial charge on any atom is 0.234 e. The first kappa shape index (κ1) is 15.4. The van der Waals surface area contributed by atoms with Crippen molar-refractivity contribution in [1.29, 1.82) is 0 Å². The van der Waals surface area contributed by atoms with E-state index in [-0.39, 0.29) is 5.91 Å². The summed E-state index contributed by atoms with van der Waals surface area (Å²) in [5.41, 5.74) is 0.